The molecule has 0 fully saturated rings. The van der Waals surface area contributed by atoms with Gasteiger partial charge in [-0.25, -0.2) is 0 Å². The van der Waals surface area contributed by atoms with Crippen LogP contribution in [0.1, 0.15) is 49.9 Å². The van der Waals surface area contributed by atoms with E-state index in [9.17, 15) is 0 Å². The van der Waals surface area contributed by atoms with Crippen LogP contribution in [0.25, 0.3) is 75.5 Å². The molecule has 0 saturated heterocycles. The van der Waals surface area contributed by atoms with Crippen LogP contribution in [0.15, 0.2) is 188 Å². The minimum absolute atomic E-state index is 0.119. The van der Waals surface area contributed by atoms with E-state index in [2.05, 4.69) is 221 Å². The third-order valence-corrected chi connectivity index (χ3v) is 14.9. The summed E-state index contributed by atoms with van der Waals surface area (Å²) in [5.41, 5.74) is 18.9. The van der Waals surface area contributed by atoms with Gasteiger partial charge in [0.2, 0.25) is 0 Å². The zero-order valence-corrected chi connectivity index (χ0v) is 35.1. The first-order valence-corrected chi connectivity index (χ1v) is 21.9. The quantitative estimate of drug-likeness (QED) is 0.168. The van der Waals surface area contributed by atoms with E-state index in [-0.39, 0.29) is 10.8 Å². The van der Waals surface area contributed by atoms with Crippen LogP contribution < -0.4 is 4.90 Å². The van der Waals surface area contributed by atoms with E-state index >= 15 is 0 Å². The first-order chi connectivity index (χ1) is 29.3. The lowest BCUT2D eigenvalue weighted by Crippen LogP contribution is -2.24. The molecule has 0 spiro atoms. The van der Waals surface area contributed by atoms with Crippen LogP contribution in [0.4, 0.5) is 17.1 Å². The lowest BCUT2D eigenvalue weighted by atomic mass is 9.67. The molecule has 1 aromatic heterocycles. The van der Waals surface area contributed by atoms with Crippen molar-refractivity contribution in [1.82, 2.24) is 0 Å². The molecule has 1 heterocycles. The Balaban J connectivity index is 1.11. The molecule has 286 valence electrons. The fraction of sp³-hybridized carbons (Fsp3) is 0.103. The summed E-state index contributed by atoms with van der Waals surface area (Å²) >= 11 is 1.91. The number of thiophene rings is 1. The molecule has 0 aliphatic heterocycles. The van der Waals surface area contributed by atoms with Gasteiger partial charge >= 0.3 is 0 Å². The maximum absolute atomic E-state index is 2.49. The molecule has 2 heteroatoms. The molecule has 1 nitrogen and oxygen atoms in total. The lowest BCUT2D eigenvalue weighted by molar-refractivity contribution is 0.645. The predicted molar refractivity (Wildman–Crippen MR) is 258 cm³/mol. The van der Waals surface area contributed by atoms with Crippen LogP contribution in [0, 0.1) is 0 Å². The zero-order valence-electron chi connectivity index (χ0n) is 34.3. The normalized spacial score (nSPS) is 14.3. The zero-order chi connectivity index (χ0) is 40.3. The fourth-order valence-corrected chi connectivity index (χ4v) is 11.9. The number of anilines is 3. The Morgan fingerprint density at radius 1 is 0.383 bits per heavy atom. The number of rotatable bonds is 5. The number of nitrogens with zero attached hydrogens (tertiary/aromatic N) is 1. The van der Waals surface area contributed by atoms with Crippen molar-refractivity contribution in [3.8, 4) is 44.5 Å². The molecule has 9 aromatic carbocycles. The average molecular weight is 786 g/mol. The summed E-state index contributed by atoms with van der Waals surface area (Å²) in [5, 5.41) is 5.30. The lowest BCUT2D eigenvalue weighted by Gasteiger charge is -2.37. The van der Waals surface area contributed by atoms with Gasteiger partial charge in [0.25, 0.3) is 0 Å². The van der Waals surface area contributed by atoms with Crippen molar-refractivity contribution in [3.05, 3.63) is 210 Å². The van der Waals surface area contributed by atoms with Crippen molar-refractivity contribution in [1.29, 1.82) is 0 Å². The maximum Gasteiger partial charge on any atom is 0.0468 e. The van der Waals surface area contributed by atoms with Crippen molar-refractivity contribution in [3.63, 3.8) is 0 Å². The second-order valence-electron chi connectivity index (χ2n) is 17.7. The van der Waals surface area contributed by atoms with Crippen molar-refractivity contribution in [2.75, 3.05) is 4.90 Å². The Kier molecular flexibility index (Phi) is 7.56. The van der Waals surface area contributed by atoms with Crippen molar-refractivity contribution >= 4 is 59.3 Å². The van der Waals surface area contributed by atoms with Crippen molar-refractivity contribution in [2.24, 2.45) is 0 Å². The Labute approximate surface area is 355 Å². The van der Waals surface area contributed by atoms with E-state index in [4.69, 9.17) is 0 Å². The first kappa shape index (κ1) is 35.2. The summed E-state index contributed by atoms with van der Waals surface area (Å²) in [5.74, 6) is 0. The molecular weight excluding hydrogens is 743 g/mol. The Morgan fingerprint density at radius 3 is 1.85 bits per heavy atom. The largest absolute Gasteiger partial charge is 0.310 e. The molecule has 0 bridgehead atoms. The molecule has 12 rings (SSSR count). The van der Waals surface area contributed by atoms with Crippen LogP contribution in [0.2, 0.25) is 0 Å². The molecule has 0 saturated carbocycles. The molecule has 60 heavy (non-hydrogen) atoms. The van der Waals surface area contributed by atoms with Gasteiger partial charge in [-0.05, 0) is 114 Å². The second kappa shape index (κ2) is 12.9. The highest BCUT2D eigenvalue weighted by Gasteiger charge is 2.37. The molecule has 2 aliphatic carbocycles. The van der Waals surface area contributed by atoms with Crippen LogP contribution in [-0.2, 0) is 10.8 Å². The SMILES string of the molecule is CC1(C)c2ccccc2-c2ccc(N(c3ccc(-c4ccccc4)cc3)c3ccc4c(c3)-c3c(-c5cccc6c5sc5ccccc56)ccc5cccc(c35)C4(C)C)cc21. The van der Waals surface area contributed by atoms with Gasteiger partial charge in [-0.3, -0.25) is 0 Å². The summed E-state index contributed by atoms with van der Waals surface area (Å²) in [7, 11) is 0. The minimum Gasteiger partial charge on any atom is -0.310 e. The van der Waals surface area contributed by atoms with Gasteiger partial charge in [-0.15, -0.1) is 11.3 Å². The topological polar surface area (TPSA) is 3.24 Å². The van der Waals surface area contributed by atoms with Crippen LogP contribution in [0.3, 0.4) is 0 Å². The van der Waals surface area contributed by atoms with E-state index in [1.54, 1.807) is 0 Å². The summed E-state index contributed by atoms with van der Waals surface area (Å²) in [6, 6.07) is 70.5. The minimum atomic E-state index is -0.200. The molecular formula is C58H43NS. The van der Waals surface area contributed by atoms with Gasteiger partial charge in [0.15, 0.2) is 0 Å². The van der Waals surface area contributed by atoms with E-state index in [0.717, 1.165) is 17.1 Å². The van der Waals surface area contributed by atoms with Gasteiger partial charge in [0.1, 0.15) is 0 Å². The van der Waals surface area contributed by atoms with Crippen LogP contribution >= 0.6 is 11.3 Å². The van der Waals surface area contributed by atoms with Gasteiger partial charge in [0, 0.05) is 53.6 Å². The number of benzene rings is 9. The monoisotopic (exact) mass is 785 g/mol. The standard InChI is InChI=1S/C58H43NS/c1-57(2)50-33-30-40(34-48(50)55-45(31-26-38-16-12-22-51(57)54(38)55)47-20-13-19-46-44-18-9-11-23-53(44)60-56(46)47)59(39-27-24-37(25-28-39)36-14-6-5-7-15-36)41-29-32-43-42-17-8-10-21-49(42)58(3,4)52(43)35-41/h5-35H,1-4H3. The van der Waals surface area contributed by atoms with Gasteiger partial charge in [0.05, 0.1) is 0 Å². The van der Waals surface area contributed by atoms with E-state index in [1.165, 1.54) is 97.7 Å². The molecule has 0 amide bonds. The van der Waals surface area contributed by atoms with Gasteiger partial charge in [-0.1, -0.05) is 173 Å². The van der Waals surface area contributed by atoms with E-state index < -0.39 is 0 Å². The molecule has 2 aliphatic rings. The molecule has 0 atom stereocenters. The highest BCUT2D eigenvalue weighted by molar-refractivity contribution is 7.26. The molecule has 0 N–H and O–H groups in total. The number of hydrogen-bond acceptors (Lipinski definition) is 2. The van der Waals surface area contributed by atoms with E-state index in [0.29, 0.717) is 0 Å². The third-order valence-electron chi connectivity index (χ3n) is 13.7. The average Bonchev–Trinajstić information content (AvgIpc) is 3.78. The molecule has 0 unspecified atom stereocenters. The number of fused-ring (bicyclic) bond motifs is 8. The van der Waals surface area contributed by atoms with E-state index in [1.807, 2.05) is 11.3 Å². The summed E-state index contributed by atoms with van der Waals surface area (Å²) in [4.78, 5) is 2.48. The highest BCUT2D eigenvalue weighted by atomic mass is 32.1. The second-order valence-corrected chi connectivity index (χ2v) is 18.7. The Morgan fingerprint density at radius 2 is 0.983 bits per heavy atom. The van der Waals surface area contributed by atoms with Crippen molar-refractivity contribution < 1.29 is 0 Å². The summed E-state index contributed by atoms with van der Waals surface area (Å²) in [6.07, 6.45) is 0. The van der Waals surface area contributed by atoms with Gasteiger partial charge in [-0.2, -0.15) is 0 Å². The summed E-state index contributed by atoms with van der Waals surface area (Å²) in [6.45, 7) is 9.56. The van der Waals surface area contributed by atoms with Crippen molar-refractivity contribution in [2.45, 2.75) is 38.5 Å². The Hall–Kier alpha value is -6.74. The highest BCUT2D eigenvalue weighted by Crippen LogP contribution is 2.55. The Bertz CT molecular complexity index is 3370. The molecule has 0 radical (unpaired) electrons. The van der Waals surface area contributed by atoms with Crippen LogP contribution in [-0.4, -0.2) is 0 Å². The summed E-state index contributed by atoms with van der Waals surface area (Å²) < 4.78 is 2.67. The van der Waals surface area contributed by atoms with Gasteiger partial charge < -0.3 is 4.90 Å². The molecule has 10 aromatic rings. The fourth-order valence-electron chi connectivity index (χ4n) is 10.6. The first-order valence-electron chi connectivity index (χ1n) is 21.1. The maximum atomic E-state index is 2.49. The third kappa shape index (κ3) is 5.04. The number of hydrogen-bond donors (Lipinski definition) is 0. The van der Waals surface area contributed by atoms with Crippen LogP contribution in [0.5, 0.6) is 0 Å². The predicted octanol–water partition coefficient (Wildman–Crippen LogP) is 16.6. The smallest absolute Gasteiger partial charge is 0.0468 e.